The van der Waals surface area contributed by atoms with E-state index < -0.39 is 0 Å². The monoisotopic (exact) mass is 399 g/mol. The smallest absolute Gasteiger partial charge is 0.238 e. The number of piperazine rings is 1. The molecule has 29 heavy (non-hydrogen) atoms. The number of nitrogens with zero attached hydrogens (tertiary/aromatic N) is 2. The lowest BCUT2D eigenvalue weighted by molar-refractivity contribution is -0.133. The zero-order chi connectivity index (χ0) is 20.5. The summed E-state index contributed by atoms with van der Waals surface area (Å²) in [7, 11) is 0. The summed E-state index contributed by atoms with van der Waals surface area (Å²) in [4.78, 5) is 28.3. The van der Waals surface area contributed by atoms with Gasteiger partial charge in [0.1, 0.15) is 11.6 Å². The summed E-state index contributed by atoms with van der Waals surface area (Å²) in [5, 5.41) is 2.76. The van der Waals surface area contributed by atoms with Gasteiger partial charge in [0.2, 0.25) is 11.8 Å². The minimum absolute atomic E-state index is 0.122. The third-order valence-electron chi connectivity index (χ3n) is 4.77. The van der Waals surface area contributed by atoms with Crippen molar-refractivity contribution in [1.82, 2.24) is 9.80 Å². The van der Waals surface area contributed by atoms with E-state index in [-0.39, 0.29) is 24.2 Å². The van der Waals surface area contributed by atoms with Crippen LogP contribution >= 0.6 is 0 Å². The Hall–Kier alpha value is -2.93. The fourth-order valence-corrected chi connectivity index (χ4v) is 3.18. The van der Waals surface area contributed by atoms with Gasteiger partial charge in [0, 0.05) is 38.3 Å². The average molecular weight is 399 g/mol. The molecule has 2 aromatic rings. The van der Waals surface area contributed by atoms with Gasteiger partial charge in [0.15, 0.2) is 0 Å². The number of anilines is 1. The van der Waals surface area contributed by atoms with Crippen molar-refractivity contribution >= 4 is 17.5 Å². The van der Waals surface area contributed by atoms with E-state index in [2.05, 4.69) is 5.32 Å². The Kier molecular flexibility index (Phi) is 7.58. The van der Waals surface area contributed by atoms with Crippen LogP contribution in [-0.4, -0.2) is 60.9 Å². The van der Waals surface area contributed by atoms with E-state index in [4.69, 9.17) is 4.74 Å². The Morgan fingerprint density at radius 1 is 0.966 bits per heavy atom. The highest BCUT2D eigenvalue weighted by Crippen LogP contribution is 2.11. The molecule has 0 bridgehead atoms. The normalized spacial score (nSPS) is 14.4. The maximum atomic E-state index is 12.9. The summed E-state index contributed by atoms with van der Waals surface area (Å²) >= 11 is 0. The number of hydrogen-bond acceptors (Lipinski definition) is 4. The Morgan fingerprint density at radius 2 is 1.66 bits per heavy atom. The average Bonchev–Trinajstić information content (AvgIpc) is 2.74. The lowest BCUT2D eigenvalue weighted by atomic mass is 10.2. The number of carbonyl (C=O) groups is 2. The SMILES string of the molecule is O=C(CN1CCN(C(=O)CCCOc2ccccc2)CC1)Nc1ccc(F)cc1. The Balaban J connectivity index is 1.31. The zero-order valence-corrected chi connectivity index (χ0v) is 16.4. The van der Waals surface area contributed by atoms with Gasteiger partial charge in [-0.25, -0.2) is 4.39 Å². The molecule has 154 valence electrons. The molecule has 1 N–H and O–H groups in total. The van der Waals surface area contributed by atoms with Gasteiger partial charge in [0.05, 0.1) is 13.2 Å². The fourth-order valence-electron chi connectivity index (χ4n) is 3.18. The van der Waals surface area contributed by atoms with Gasteiger partial charge in [-0.3, -0.25) is 14.5 Å². The number of benzene rings is 2. The maximum Gasteiger partial charge on any atom is 0.238 e. The van der Waals surface area contributed by atoms with Crippen LogP contribution in [0.1, 0.15) is 12.8 Å². The first kappa shape index (κ1) is 20.8. The summed E-state index contributed by atoms with van der Waals surface area (Å²) in [5.74, 6) is 0.453. The number of hydrogen-bond donors (Lipinski definition) is 1. The van der Waals surface area contributed by atoms with Gasteiger partial charge in [-0.15, -0.1) is 0 Å². The van der Waals surface area contributed by atoms with E-state index >= 15 is 0 Å². The van der Waals surface area contributed by atoms with Gasteiger partial charge in [-0.05, 0) is 42.8 Å². The third-order valence-corrected chi connectivity index (χ3v) is 4.77. The van der Waals surface area contributed by atoms with Crippen LogP contribution in [0.5, 0.6) is 5.75 Å². The molecule has 6 nitrogen and oxygen atoms in total. The summed E-state index contributed by atoms with van der Waals surface area (Å²) in [5.41, 5.74) is 0.572. The van der Waals surface area contributed by atoms with Crippen LogP contribution in [0.2, 0.25) is 0 Å². The molecule has 0 saturated carbocycles. The van der Waals surface area contributed by atoms with Crippen molar-refractivity contribution in [2.75, 3.05) is 44.6 Å². The summed E-state index contributed by atoms with van der Waals surface area (Å²) in [6.07, 6.45) is 1.13. The molecular weight excluding hydrogens is 373 g/mol. The molecule has 2 aromatic carbocycles. The first-order valence-corrected chi connectivity index (χ1v) is 9.83. The molecule has 1 heterocycles. The van der Waals surface area contributed by atoms with Crippen LogP contribution < -0.4 is 10.1 Å². The topological polar surface area (TPSA) is 61.9 Å². The van der Waals surface area contributed by atoms with E-state index in [0.717, 1.165) is 5.75 Å². The molecule has 7 heteroatoms. The Labute approximate surface area is 170 Å². The second kappa shape index (κ2) is 10.6. The molecule has 1 fully saturated rings. The molecule has 0 aliphatic carbocycles. The molecule has 1 aliphatic rings. The number of amides is 2. The van der Waals surface area contributed by atoms with Crippen LogP contribution in [0, 0.1) is 5.82 Å². The molecule has 0 unspecified atom stereocenters. The van der Waals surface area contributed by atoms with Gasteiger partial charge in [0.25, 0.3) is 0 Å². The van der Waals surface area contributed by atoms with E-state index in [1.54, 1.807) is 0 Å². The lowest BCUT2D eigenvalue weighted by Crippen LogP contribution is -2.50. The number of nitrogens with one attached hydrogen (secondary N) is 1. The molecule has 0 aromatic heterocycles. The molecule has 2 amide bonds. The number of carbonyl (C=O) groups excluding carboxylic acids is 2. The fraction of sp³-hybridized carbons (Fsp3) is 0.364. The van der Waals surface area contributed by atoms with Crippen LogP contribution in [0.15, 0.2) is 54.6 Å². The first-order valence-electron chi connectivity index (χ1n) is 9.83. The summed E-state index contributed by atoms with van der Waals surface area (Å²) in [6, 6.07) is 15.2. The number of rotatable bonds is 8. The molecule has 0 radical (unpaired) electrons. The maximum absolute atomic E-state index is 12.9. The van der Waals surface area contributed by atoms with Crippen LogP contribution in [-0.2, 0) is 9.59 Å². The number of para-hydroxylation sites is 1. The Bertz CT molecular complexity index is 791. The van der Waals surface area contributed by atoms with Crippen molar-refractivity contribution in [1.29, 1.82) is 0 Å². The number of halogens is 1. The minimum Gasteiger partial charge on any atom is -0.494 e. The van der Waals surface area contributed by atoms with Crippen molar-refractivity contribution < 1.29 is 18.7 Å². The quantitative estimate of drug-likeness (QED) is 0.694. The van der Waals surface area contributed by atoms with Crippen LogP contribution in [0.3, 0.4) is 0 Å². The molecular formula is C22H26FN3O3. The number of ether oxygens (including phenoxy) is 1. The van der Waals surface area contributed by atoms with Crippen molar-refractivity contribution in [3.05, 3.63) is 60.4 Å². The van der Waals surface area contributed by atoms with E-state index in [0.29, 0.717) is 51.3 Å². The highest BCUT2D eigenvalue weighted by molar-refractivity contribution is 5.92. The van der Waals surface area contributed by atoms with Gasteiger partial charge in [-0.2, -0.15) is 0 Å². The largest absolute Gasteiger partial charge is 0.494 e. The predicted octanol–water partition coefficient (Wildman–Crippen LogP) is 2.77. The second-order valence-corrected chi connectivity index (χ2v) is 6.98. The van der Waals surface area contributed by atoms with Crippen molar-refractivity contribution in [3.8, 4) is 5.75 Å². The predicted molar refractivity (Wildman–Crippen MR) is 109 cm³/mol. The Morgan fingerprint density at radius 3 is 2.34 bits per heavy atom. The molecule has 0 spiro atoms. The van der Waals surface area contributed by atoms with E-state index in [1.165, 1.54) is 24.3 Å². The molecule has 3 rings (SSSR count). The van der Waals surface area contributed by atoms with Gasteiger partial charge < -0.3 is 15.0 Å². The molecule has 0 atom stereocenters. The zero-order valence-electron chi connectivity index (χ0n) is 16.4. The minimum atomic E-state index is -0.338. The molecule has 1 aliphatic heterocycles. The van der Waals surface area contributed by atoms with Crippen molar-refractivity contribution in [2.45, 2.75) is 12.8 Å². The van der Waals surface area contributed by atoms with Crippen molar-refractivity contribution in [2.24, 2.45) is 0 Å². The van der Waals surface area contributed by atoms with Gasteiger partial charge in [-0.1, -0.05) is 18.2 Å². The van der Waals surface area contributed by atoms with Crippen LogP contribution in [0.25, 0.3) is 0 Å². The second-order valence-electron chi connectivity index (χ2n) is 6.98. The van der Waals surface area contributed by atoms with Crippen molar-refractivity contribution in [3.63, 3.8) is 0 Å². The van der Waals surface area contributed by atoms with Gasteiger partial charge >= 0.3 is 0 Å². The van der Waals surface area contributed by atoms with E-state index in [1.807, 2.05) is 40.1 Å². The highest BCUT2D eigenvalue weighted by Gasteiger charge is 2.22. The summed E-state index contributed by atoms with van der Waals surface area (Å²) < 4.78 is 18.5. The third kappa shape index (κ3) is 6.87. The highest BCUT2D eigenvalue weighted by atomic mass is 19.1. The molecule has 1 saturated heterocycles. The lowest BCUT2D eigenvalue weighted by Gasteiger charge is -2.34. The van der Waals surface area contributed by atoms with Crippen LogP contribution in [0.4, 0.5) is 10.1 Å². The van der Waals surface area contributed by atoms with E-state index in [9.17, 15) is 14.0 Å². The first-order chi connectivity index (χ1) is 14.1. The standard InChI is InChI=1S/C22H26FN3O3/c23-18-8-10-19(11-9-18)24-21(27)17-25-12-14-26(15-13-25)22(28)7-4-16-29-20-5-2-1-3-6-20/h1-3,5-6,8-11H,4,7,12-17H2,(H,24,27). The summed E-state index contributed by atoms with van der Waals surface area (Å²) in [6.45, 7) is 3.31.